The van der Waals surface area contributed by atoms with Crippen LogP contribution in [0, 0.1) is 0 Å². The van der Waals surface area contributed by atoms with Crippen molar-refractivity contribution in [3.63, 3.8) is 0 Å². The summed E-state index contributed by atoms with van der Waals surface area (Å²) in [5, 5.41) is 1.98. The number of amides is 2. The van der Waals surface area contributed by atoms with Gasteiger partial charge in [-0.1, -0.05) is 24.3 Å². The maximum atomic E-state index is 13.5. The van der Waals surface area contributed by atoms with Crippen LogP contribution in [0.4, 0.5) is 0 Å². The van der Waals surface area contributed by atoms with Crippen molar-refractivity contribution in [2.24, 2.45) is 0 Å². The van der Waals surface area contributed by atoms with E-state index >= 15 is 0 Å². The molecule has 0 aliphatic carbocycles. The zero-order valence-corrected chi connectivity index (χ0v) is 19.8. The van der Waals surface area contributed by atoms with Crippen molar-refractivity contribution in [1.29, 1.82) is 0 Å². The highest BCUT2D eigenvalue weighted by Crippen LogP contribution is 2.33. The van der Waals surface area contributed by atoms with Crippen molar-refractivity contribution < 1.29 is 23.8 Å². The lowest BCUT2D eigenvalue weighted by atomic mass is 10.1. The van der Waals surface area contributed by atoms with Gasteiger partial charge in [-0.05, 0) is 47.3 Å². The van der Waals surface area contributed by atoms with Gasteiger partial charge in [0.1, 0.15) is 12.3 Å². The highest BCUT2D eigenvalue weighted by atomic mass is 32.1. The highest BCUT2D eigenvalue weighted by molar-refractivity contribution is 7.09. The molecular weight excluding hydrogens is 452 g/mol. The number of nitrogens with zero attached hydrogens (tertiary/aromatic N) is 2. The summed E-state index contributed by atoms with van der Waals surface area (Å²) in [6.45, 7) is 4.95. The van der Waals surface area contributed by atoms with E-state index in [0.29, 0.717) is 35.9 Å². The Hall–Kier alpha value is -3.78. The zero-order valence-electron chi connectivity index (χ0n) is 18.9. The molecule has 0 unspecified atom stereocenters. The molecule has 2 heterocycles. The first-order chi connectivity index (χ1) is 16.6. The second-order valence-electron chi connectivity index (χ2n) is 7.72. The van der Waals surface area contributed by atoms with Crippen molar-refractivity contribution in [3.05, 3.63) is 88.6 Å². The Morgan fingerprint density at radius 3 is 2.68 bits per heavy atom. The number of benzene rings is 2. The van der Waals surface area contributed by atoms with E-state index in [1.165, 1.54) is 4.90 Å². The topological polar surface area (TPSA) is 68.3 Å². The Balaban J connectivity index is 1.53. The number of hydrogen-bond donors (Lipinski definition) is 0. The van der Waals surface area contributed by atoms with E-state index in [1.54, 1.807) is 53.7 Å². The molecule has 0 radical (unpaired) electrons. The molecule has 0 spiro atoms. The predicted molar refractivity (Wildman–Crippen MR) is 130 cm³/mol. The minimum atomic E-state index is -0.258. The molecule has 4 rings (SSSR count). The molecule has 7 nitrogen and oxygen atoms in total. The summed E-state index contributed by atoms with van der Waals surface area (Å²) in [5.74, 6) is 1.52. The van der Waals surface area contributed by atoms with E-state index < -0.39 is 0 Å². The molecule has 0 atom stereocenters. The van der Waals surface area contributed by atoms with Crippen LogP contribution in [0.2, 0.25) is 0 Å². The standard InChI is InChI=1S/C26H26N2O5S/c1-3-11-27(26(30)20-6-4-7-21(14-20)31-2)17-25(29)28(16-22-8-5-12-34-22)15-19-9-10-23-24(13-19)33-18-32-23/h3-10,12-14H,1,11,15-18H2,2H3. The van der Waals surface area contributed by atoms with E-state index in [0.717, 1.165) is 10.4 Å². The SMILES string of the molecule is C=CCN(CC(=O)N(Cc1ccc2c(c1)OCO2)Cc1cccs1)C(=O)c1cccc(OC)c1. The van der Waals surface area contributed by atoms with Gasteiger partial charge in [-0.2, -0.15) is 0 Å². The van der Waals surface area contributed by atoms with Gasteiger partial charge >= 0.3 is 0 Å². The van der Waals surface area contributed by atoms with Crippen LogP contribution < -0.4 is 14.2 Å². The third-order valence-corrected chi connectivity index (χ3v) is 6.23. The molecule has 2 amide bonds. The minimum Gasteiger partial charge on any atom is -0.497 e. The van der Waals surface area contributed by atoms with Crippen molar-refractivity contribution in [2.75, 3.05) is 27.0 Å². The molecule has 0 fully saturated rings. The van der Waals surface area contributed by atoms with Crippen LogP contribution in [-0.2, 0) is 17.9 Å². The van der Waals surface area contributed by atoms with Gasteiger partial charge < -0.3 is 24.0 Å². The first-order valence-electron chi connectivity index (χ1n) is 10.8. The fourth-order valence-corrected chi connectivity index (χ4v) is 4.38. The van der Waals surface area contributed by atoms with Gasteiger partial charge in [0.15, 0.2) is 11.5 Å². The van der Waals surface area contributed by atoms with E-state index in [1.807, 2.05) is 35.7 Å². The molecule has 176 valence electrons. The van der Waals surface area contributed by atoms with E-state index in [2.05, 4.69) is 6.58 Å². The maximum absolute atomic E-state index is 13.5. The monoisotopic (exact) mass is 478 g/mol. The summed E-state index contributed by atoms with van der Waals surface area (Å²) < 4.78 is 16.1. The first kappa shape index (κ1) is 23.4. The van der Waals surface area contributed by atoms with Gasteiger partial charge in [-0.25, -0.2) is 0 Å². The average molecular weight is 479 g/mol. The van der Waals surface area contributed by atoms with Gasteiger partial charge in [-0.3, -0.25) is 9.59 Å². The Bertz CT molecular complexity index is 1160. The molecule has 0 N–H and O–H groups in total. The van der Waals surface area contributed by atoms with Crippen LogP contribution in [0.15, 0.2) is 72.6 Å². The van der Waals surface area contributed by atoms with Crippen LogP contribution in [0.3, 0.4) is 0 Å². The smallest absolute Gasteiger partial charge is 0.254 e. The lowest BCUT2D eigenvalue weighted by molar-refractivity contribution is -0.133. The summed E-state index contributed by atoms with van der Waals surface area (Å²) in [4.78, 5) is 31.0. The van der Waals surface area contributed by atoms with Crippen LogP contribution in [0.1, 0.15) is 20.8 Å². The number of ether oxygens (including phenoxy) is 3. The number of carbonyl (C=O) groups excluding carboxylic acids is 2. The normalized spacial score (nSPS) is 11.7. The van der Waals surface area contributed by atoms with E-state index in [-0.39, 0.29) is 31.7 Å². The number of carbonyl (C=O) groups is 2. The molecule has 2 aromatic carbocycles. The minimum absolute atomic E-state index is 0.0714. The molecule has 1 aliphatic rings. The molecule has 1 aromatic heterocycles. The Labute approximate surface area is 202 Å². The predicted octanol–water partition coefficient (Wildman–Crippen LogP) is 4.34. The van der Waals surface area contributed by atoms with E-state index in [9.17, 15) is 9.59 Å². The van der Waals surface area contributed by atoms with Crippen molar-refractivity contribution in [2.45, 2.75) is 13.1 Å². The molecule has 0 saturated heterocycles. The van der Waals surface area contributed by atoms with Gasteiger partial charge in [0.05, 0.1) is 13.7 Å². The average Bonchev–Trinajstić information content (AvgIpc) is 3.54. The second-order valence-corrected chi connectivity index (χ2v) is 8.76. The third kappa shape index (κ3) is 5.58. The van der Waals surface area contributed by atoms with Crippen molar-refractivity contribution in [1.82, 2.24) is 9.80 Å². The number of hydrogen-bond acceptors (Lipinski definition) is 6. The van der Waals surface area contributed by atoms with Gasteiger partial charge in [0, 0.05) is 23.5 Å². The van der Waals surface area contributed by atoms with Gasteiger partial charge in [0.2, 0.25) is 12.7 Å². The molecular formula is C26H26N2O5S. The second kappa shape index (κ2) is 10.9. The number of rotatable bonds is 10. The molecule has 3 aromatic rings. The number of fused-ring (bicyclic) bond motifs is 1. The molecule has 1 aliphatic heterocycles. The largest absolute Gasteiger partial charge is 0.497 e. The van der Waals surface area contributed by atoms with Crippen LogP contribution in [0.5, 0.6) is 17.2 Å². The molecule has 0 saturated carbocycles. The van der Waals surface area contributed by atoms with Crippen LogP contribution in [-0.4, -0.2) is 48.6 Å². The van der Waals surface area contributed by atoms with Crippen molar-refractivity contribution in [3.8, 4) is 17.2 Å². The first-order valence-corrected chi connectivity index (χ1v) is 11.7. The molecule has 34 heavy (non-hydrogen) atoms. The number of thiophene rings is 1. The van der Waals surface area contributed by atoms with Crippen molar-refractivity contribution >= 4 is 23.2 Å². The summed E-state index contributed by atoms with van der Waals surface area (Å²) in [7, 11) is 1.55. The molecule has 0 bridgehead atoms. The van der Waals surface area contributed by atoms with Crippen LogP contribution in [0.25, 0.3) is 0 Å². The van der Waals surface area contributed by atoms with Gasteiger partial charge in [0.25, 0.3) is 5.91 Å². The van der Waals surface area contributed by atoms with Crippen LogP contribution >= 0.6 is 11.3 Å². The highest BCUT2D eigenvalue weighted by Gasteiger charge is 2.23. The lowest BCUT2D eigenvalue weighted by Gasteiger charge is -2.27. The Kier molecular flexibility index (Phi) is 7.49. The van der Waals surface area contributed by atoms with E-state index in [4.69, 9.17) is 14.2 Å². The Morgan fingerprint density at radius 2 is 1.91 bits per heavy atom. The fraction of sp³-hybridized carbons (Fsp3) is 0.231. The summed E-state index contributed by atoms with van der Waals surface area (Å²) in [6.07, 6.45) is 1.62. The summed E-state index contributed by atoms with van der Waals surface area (Å²) >= 11 is 1.59. The molecule has 8 heteroatoms. The quantitative estimate of drug-likeness (QED) is 0.406. The lowest BCUT2D eigenvalue weighted by Crippen LogP contribution is -2.42. The zero-order chi connectivity index (χ0) is 23.9. The summed E-state index contributed by atoms with van der Waals surface area (Å²) in [6, 6.07) is 16.5. The fourth-order valence-electron chi connectivity index (χ4n) is 3.66. The summed E-state index contributed by atoms with van der Waals surface area (Å²) in [5.41, 5.74) is 1.37. The number of methoxy groups -OCH3 is 1. The maximum Gasteiger partial charge on any atom is 0.254 e. The Morgan fingerprint density at radius 1 is 1.06 bits per heavy atom. The third-order valence-electron chi connectivity index (χ3n) is 5.37. The van der Waals surface area contributed by atoms with Gasteiger partial charge in [-0.15, -0.1) is 17.9 Å².